The Bertz CT molecular complexity index is 277. The Labute approximate surface area is 126 Å². The first kappa shape index (κ1) is 17.9. The van der Waals surface area contributed by atoms with Crippen LogP contribution in [0, 0.1) is 5.92 Å². The van der Waals surface area contributed by atoms with Crippen molar-refractivity contribution in [3.63, 3.8) is 0 Å². The van der Waals surface area contributed by atoms with Crippen LogP contribution < -0.4 is 5.73 Å². The first-order valence-corrected chi connectivity index (χ1v) is 8.49. The zero-order chi connectivity index (χ0) is 15.3. The second-order valence-corrected chi connectivity index (χ2v) is 7.50. The Kier molecular flexibility index (Phi) is 6.96. The minimum Gasteiger partial charge on any atom is -0.329 e. The lowest BCUT2D eigenvalue weighted by molar-refractivity contribution is 0.0596. The first-order chi connectivity index (χ1) is 9.32. The highest BCUT2D eigenvalue weighted by atomic mass is 15.2. The summed E-state index contributed by atoms with van der Waals surface area (Å²) in [5.74, 6) is 0.750. The van der Waals surface area contributed by atoms with E-state index in [9.17, 15) is 0 Å². The van der Waals surface area contributed by atoms with E-state index < -0.39 is 0 Å². The summed E-state index contributed by atoms with van der Waals surface area (Å²) in [4.78, 5) is 5.20. The number of likely N-dealkylation sites (N-methyl/N-ethyl adjacent to an activating group) is 1. The molecule has 120 valence electrons. The number of hydrogen-bond donors (Lipinski definition) is 1. The van der Waals surface area contributed by atoms with Crippen molar-refractivity contribution in [3.8, 4) is 0 Å². The van der Waals surface area contributed by atoms with Crippen molar-refractivity contribution in [1.29, 1.82) is 0 Å². The zero-order valence-corrected chi connectivity index (χ0v) is 14.7. The Balaban J connectivity index is 2.75. The molecule has 0 aromatic carbocycles. The topological polar surface area (TPSA) is 32.5 Å². The molecule has 0 radical (unpaired) electrons. The molecule has 0 aromatic heterocycles. The molecule has 1 saturated heterocycles. The molecular weight excluding hydrogens is 246 g/mol. The molecule has 1 aliphatic heterocycles. The molecule has 0 aromatic rings. The van der Waals surface area contributed by atoms with Gasteiger partial charge >= 0.3 is 0 Å². The highest BCUT2D eigenvalue weighted by Gasteiger charge is 2.37. The molecule has 20 heavy (non-hydrogen) atoms. The van der Waals surface area contributed by atoms with E-state index in [2.05, 4.69) is 51.5 Å². The molecule has 0 bridgehead atoms. The number of nitrogens with two attached hydrogens (primary N) is 1. The molecule has 0 amide bonds. The molecule has 2 N–H and O–H groups in total. The molecule has 1 aliphatic rings. The molecule has 1 fully saturated rings. The van der Waals surface area contributed by atoms with E-state index in [0.717, 1.165) is 12.5 Å². The van der Waals surface area contributed by atoms with Crippen LogP contribution in [0.3, 0.4) is 0 Å². The van der Waals surface area contributed by atoms with Crippen molar-refractivity contribution in [1.82, 2.24) is 9.80 Å². The number of nitrogens with zero attached hydrogens (tertiary/aromatic N) is 2. The second kappa shape index (κ2) is 7.77. The lowest BCUT2D eigenvalue weighted by atomic mass is 9.86. The molecule has 1 heterocycles. The van der Waals surface area contributed by atoms with Crippen molar-refractivity contribution in [2.24, 2.45) is 11.7 Å². The number of rotatable bonds is 6. The third-order valence-electron chi connectivity index (χ3n) is 5.28. The number of likely N-dealkylation sites (tertiary alicyclic amines) is 1. The maximum Gasteiger partial charge on any atom is 0.0344 e. The monoisotopic (exact) mass is 283 g/mol. The van der Waals surface area contributed by atoms with Crippen LogP contribution >= 0.6 is 0 Å². The highest BCUT2D eigenvalue weighted by Crippen LogP contribution is 2.30. The summed E-state index contributed by atoms with van der Waals surface area (Å²) in [6, 6.07) is 1.27. The van der Waals surface area contributed by atoms with E-state index in [1.165, 1.54) is 38.8 Å². The predicted molar refractivity (Wildman–Crippen MR) is 89.0 cm³/mol. The predicted octanol–water partition coefficient (Wildman–Crippen LogP) is 2.94. The normalized spacial score (nSPS) is 27.3. The van der Waals surface area contributed by atoms with Crippen LogP contribution in [-0.2, 0) is 0 Å². The summed E-state index contributed by atoms with van der Waals surface area (Å²) >= 11 is 0. The van der Waals surface area contributed by atoms with Gasteiger partial charge in [-0.25, -0.2) is 0 Å². The van der Waals surface area contributed by atoms with Crippen LogP contribution in [0.2, 0.25) is 0 Å². The van der Waals surface area contributed by atoms with Gasteiger partial charge in [0.15, 0.2) is 0 Å². The van der Waals surface area contributed by atoms with Gasteiger partial charge in [-0.2, -0.15) is 0 Å². The lowest BCUT2D eigenvalue weighted by Crippen LogP contribution is -2.56. The van der Waals surface area contributed by atoms with Gasteiger partial charge in [0, 0.05) is 30.7 Å². The first-order valence-electron chi connectivity index (χ1n) is 8.49. The van der Waals surface area contributed by atoms with E-state index in [1.807, 2.05) is 0 Å². The van der Waals surface area contributed by atoms with E-state index in [-0.39, 0.29) is 5.54 Å². The van der Waals surface area contributed by atoms with Crippen LogP contribution in [0.1, 0.15) is 60.3 Å². The summed E-state index contributed by atoms with van der Waals surface area (Å²) in [6.07, 6.45) is 4.98. The Morgan fingerprint density at radius 2 is 1.75 bits per heavy atom. The minimum atomic E-state index is 0.206. The fourth-order valence-corrected chi connectivity index (χ4v) is 3.72. The lowest BCUT2D eigenvalue weighted by Gasteiger charge is -2.45. The second-order valence-electron chi connectivity index (χ2n) is 7.50. The molecule has 0 saturated carbocycles. The standard InChI is InChI=1S/C17H37N3/c1-14(2)12-16(5)19(6)17(13-18)8-7-10-20(11-9-17)15(3)4/h14-16H,7-13,18H2,1-6H3. The molecule has 0 spiro atoms. The van der Waals surface area contributed by atoms with Gasteiger partial charge in [-0.15, -0.1) is 0 Å². The van der Waals surface area contributed by atoms with Crippen molar-refractivity contribution in [2.75, 3.05) is 26.7 Å². The highest BCUT2D eigenvalue weighted by molar-refractivity contribution is 4.95. The molecular formula is C17H37N3. The summed E-state index contributed by atoms with van der Waals surface area (Å²) in [5.41, 5.74) is 6.44. The average molecular weight is 284 g/mol. The quantitative estimate of drug-likeness (QED) is 0.813. The van der Waals surface area contributed by atoms with Crippen molar-refractivity contribution >= 4 is 0 Å². The third kappa shape index (κ3) is 4.44. The van der Waals surface area contributed by atoms with E-state index in [1.54, 1.807) is 0 Å². The Morgan fingerprint density at radius 1 is 1.10 bits per heavy atom. The summed E-state index contributed by atoms with van der Waals surface area (Å²) in [7, 11) is 2.30. The SMILES string of the molecule is CC(C)CC(C)N(C)C1(CN)CCCN(C(C)C)CC1. The van der Waals surface area contributed by atoms with E-state index in [4.69, 9.17) is 5.73 Å². The van der Waals surface area contributed by atoms with Gasteiger partial charge < -0.3 is 10.6 Å². The molecule has 3 nitrogen and oxygen atoms in total. The fourth-order valence-electron chi connectivity index (χ4n) is 3.72. The summed E-state index contributed by atoms with van der Waals surface area (Å²) in [6.45, 7) is 14.8. The summed E-state index contributed by atoms with van der Waals surface area (Å²) in [5, 5.41) is 0. The van der Waals surface area contributed by atoms with Gasteiger partial charge in [0.1, 0.15) is 0 Å². The molecule has 3 heteroatoms. The van der Waals surface area contributed by atoms with E-state index in [0.29, 0.717) is 12.1 Å². The van der Waals surface area contributed by atoms with E-state index >= 15 is 0 Å². The minimum absolute atomic E-state index is 0.206. The zero-order valence-electron chi connectivity index (χ0n) is 14.7. The molecule has 0 aliphatic carbocycles. The molecule has 1 rings (SSSR count). The Hall–Kier alpha value is -0.120. The van der Waals surface area contributed by atoms with Crippen LogP contribution in [0.25, 0.3) is 0 Å². The largest absolute Gasteiger partial charge is 0.329 e. The maximum absolute atomic E-state index is 6.24. The van der Waals surface area contributed by atoms with Crippen molar-refractivity contribution in [3.05, 3.63) is 0 Å². The van der Waals surface area contributed by atoms with Crippen LogP contribution in [0.4, 0.5) is 0 Å². The van der Waals surface area contributed by atoms with Crippen LogP contribution in [-0.4, -0.2) is 54.1 Å². The van der Waals surface area contributed by atoms with Crippen LogP contribution in [0.15, 0.2) is 0 Å². The third-order valence-corrected chi connectivity index (χ3v) is 5.28. The van der Waals surface area contributed by atoms with Crippen molar-refractivity contribution < 1.29 is 0 Å². The smallest absolute Gasteiger partial charge is 0.0344 e. The molecule has 2 unspecified atom stereocenters. The van der Waals surface area contributed by atoms with Gasteiger partial charge in [0.05, 0.1) is 0 Å². The molecule has 2 atom stereocenters. The fraction of sp³-hybridized carbons (Fsp3) is 1.00. The summed E-state index contributed by atoms with van der Waals surface area (Å²) < 4.78 is 0. The van der Waals surface area contributed by atoms with Gasteiger partial charge in [-0.1, -0.05) is 13.8 Å². The van der Waals surface area contributed by atoms with Gasteiger partial charge in [-0.3, -0.25) is 4.90 Å². The number of hydrogen-bond acceptors (Lipinski definition) is 3. The average Bonchev–Trinajstić information content (AvgIpc) is 2.60. The van der Waals surface area contributed by atoms with Crippen LogP contribution in [0.5, 0.6) is 0 Å². The van der Waals surface area contributed by atoms with Crippen molar-refractivity contribution in [2.45, 2.75) is 77.9 Å². The van der Waals surface area contributed by atoms with Gasteiger partial charge in [-0.05, 0) is 66.0 Å². The van der Waals surface area contributed by atoms with Gasteiger partial charge in [0.25, 0.3) is 0 Å². The Morgan fingerprint density at radius 3 is 2.25 bits per heavy atom. The van der Waals surface area contributed by atoms with Gasteiger partial charge in [0.2, 0.25) is 0 Å². The maximum atomic E-state index is 6.24.